The lowest BCUT2D eigenvalue weighted by atomic mass is 9.91. The maximum Gasteiger partial charge on any atom is 0.290 e. The van der Waals surface area contributed by atoms with Gasteiger partial charge in [-0.2, -0.15) is 0 Å². The zero-order valence-electron chi connectivity index (χ0n) is 12.6. The molecule has 1 fully saturated rings. The zero-order valence-corrected chi connectivity index (χ0v) is 13.5. The number of carbonyl (C=O) groups excluding carboxylic acids is 1. The van der Waals surface area contributed by atoms with Crippen molar-refractivity contribution in [1.82, 2.24) is 4.90 Å². The molecule has 3 rings (SSSR count). The predicted molar refractivity (Wildman–Crippen MR) is 81.0 cm³/mol. The van der Waals surface area contributed by atoms with E-state index in [0.717, 1.165) is 12.8 Å². The molecule has 23 heavy (non-hydrogen) atoms. The van der Waals surface area contributed by atoms with Gasteiger partial charge in [0.15, 0.2) is 5.76 Å². The fourth-order valence-corrected chi connectivity index (χ4v) is 3.33. The number of hydrogen-bond donors (Lipinski definition) is 1. The Morgan fingerprint density at radius 2 is 2.13 bits per heavy atom. The van der Waals surface area contributed by atoms with E-state index in [0.29, 0.717) is 18.2 Å². The van der Waals surface area contributed by atoms with Crippen molar-refractivity contribution in [3.63, 3.8) is 0 Å². The average Bonchev–Trinajstić information content (AvgIpc) is 3.17. The van der Waals surface area contributed by atoms with Gasteiger partial charge in [0.1, 0.15) is 5.76 Å². The van der Waals surface area contributed by atoms with E-state index >= 15 is 0 Å². The maximum atomic E-state index is 12.7. The summed E-state index contributed by atoms with van der Waals surface area (Å²) in [5.74, 6) is 0.766. The standard InChI is InChI=1S/C15H18N2O5S/c1-10-6-7-17(11(9-10)12-3-2-8-21-12)15(18)13-4-5-14(22-13)23(16,19)20/h2-5,8,10-11H,6-7,9H2,1H3,(H2,16,19,20)/t10-,11+/m1/s1. The molecule has 0 saturated carbocycles. The molecular formula is C15H18N2O5S. The molecule has 1 saturated heterocycles. The molecule has 2 atom stereocenters. The summed E-state index contributed by atoms with van der Waals surface area (Å²) < 4.78 is 33.1. The number of primary sulfonamides is 1. The van der Waals surface area contributed by atoms with E-state index in [1.54, 1.807) is 17.2 Å². The molecule has 0 unspecified atom stereocenters. The minimum absolute atomic E-state index is 0.0415. The van der Waals surface area contributed by atoms with Crippen LogP contribution in [0.4, 0.5) is 0 Å². The van der Waals surface area contributed by atoms with Gasteiger partial charge < -0.3 is 13.7 Å². The Bertz CT molecular complexity index is 794. The highest BCUT2D eigenvalue weighted by molar-refractivity contribution is 7.89. The van der Waals surface area contributed by atoms with E-state index in [-0.39, 0.29) is 17.7 Å². The number of amides is 1. The van der Waals surface area contributed by atoms with Crippen LogP contribution in [0.3, 0.4) is 0 Å². The van der Waals surface area contributed by atoms with E-state index < -0.39 is 15.1 Å². The van der Waals surface area contributed by atoms with Gasteiger partial charge in [-0.25, -0.2) is 13.6 Å². The topological polar surface area (TPSA) is 107 Å². The number of nitrogens with two attached hydrogens (primary N) is 1. The molecule has 0 aromatic carbocycles. The van der Waals surface area contributed by atoms with Gasteiger partial charge in [0.25, 0.3) is 15.9 Å². The van der Waals surface area contributed by atoms with Crippen molar-refractivity contribution < 1.29 is 22.0 Å². The van der Waals surface area contributed by atoms with Gasteiger partial charge in [-0.3, -0.25) is 4.79 Å². The summed E-state index contributed by atoms with van der Waals surface area (Å²) in [6, 6.07) is 5.95. The van der Waals surface area contributed by atoms with Gasteiger partial charge >= 0.3 is 0 Å². The molecule has 2 N–H and O–H groups in total. The molecule has 7 nitrogen and oxygen atoms in total. The van der Waals surface area contributed by atoms with Gasteiger partial charge in [0, 0.05) is 6.54 Å². The second kappa shape index (κ2) is 5.86. The molecule has 3 heterocycles. The van der Waals surface area contributed by atoms with Crippen LogP contribution in [-0.4, -0.2) is 25.8 Å². The molecule has 8 heteroatoms. The Kier molecular flexibility index (Phi) is 4.03. The average molecular weight is 338 g/mol. The van der Waals surface area contributed by atoms with E-state index in [2.05, 4.69) is 6.92 Å². The molecule has 0 aliphatic carbocycles. The maximum absolute atomic E-state index is 12.7. The molecule has 2 aromatic heterocycles. The van der Waals surface area contributed by atoms with Crippen LogP contribution in [0.5, 0.6) is 0 Å². The summed E-state index contributed by atoms with van der Waals surface area (Å²) >= 11 is 0. The second-order valence-electron chi connectivity index (χ2n) is 5.82. The third-order valence-corrected chi connectivity index (χ3v) is 4.85. The smallest absolute Gasteiger partial charge is 0.290 e. The van der Waals surface area contributed by atoms with Crippen molar-refractivity contribution in [1.29, 1.82) is 0 Å². The lowest BCUT2D eigenvalue weighted by molar-refractivity contribution is 0.0484. The Balaban J connectivity index is 1.89. The molecule has 1 aliphatic rings. The number of sulfonamides is 1. The molecular weight excluding hydrogens is 320 g/mol. The third kappa shape index (κ3) is 3.18. The Morgan fingerprint density at radius 1 is 1.35 bits per heavy atom. The summed E-state index contributed by atoms with van der Waals surface area (Å²) in [6.07, 6.45) is 3.22. The van der Waals surface area contributed by atoms with Crippen molar-refractivity contribution in [2.75, 3.05) is 6.54 Å². The molecule has 0 bridgehead atoms. The van der Waals surface area contributed by atoms with Crippen molar-refractivity contribution in [3.05, 3.63) is 42.0 Å². The van der Waals surface area contributed by atoms with Crippen LogP contribution < -0.4 is 5.14 Å². The Morgan fingerprint density at radius 3 is 2.74 bits per heavy atom. The van der Waals surface area contributed by atoms with E-state index in [1.165, 1.54) is 12.1 Å². The van der Waals surface area contributed by atoms with Gasteiger partial charge in [0.05, 0.1) is 12.3 Å². The predicted octanol–water partition coefficient (Wildman–Crippen LogP) is 2.13. The number of piperidine rings is 1. The number of furan rings is 2. The first-order valence-electron chi connectivity index (χ1n) is 7.33. The first-order valence-corrected chi connectivity index (χ1v) is 8.88. The van der Waals surface area contributed by atoms with Crippen molar-refractivity contribution >= 4 is 15.9 Å². The summed E-state index contributed by atoms with van der Waals surface area (Å²) in [7, 11) is -3.97. The number of likely N-dealkylation sites (tertiary alicyclic amines) is 1. The van der Waals surface area contributed by atoms with Gasteiger partial charge in [0.2, 0.25) is 5.09 Å². The number of rotatable bonds is 3. The normalized spacial score (nSPS) is 22.3. The lowest BCUT2D eigenvalue weighted by Crippen LogP contribution is -2.40. The number of carbonyl (C=O) groups is 1. The summed E-state index contributed by atoms with van der Waals surface area (Å²) in [4.78, 5) is 14.4. The number of nitrogens with zero attached hydrogens (tertiary/aromatic N) is 1. The summed E-state index contributed by atoms with van der Waals surface area (Å²) in [5.41, 5.74) is 0. The van der Waals surface area contributed by atoms with Gasteiger partial charge in [-0.15, -0.1) is 0 Å². The Labute approximate surface area is 134 Å². The van der Waals surface area contributed by atoms with E-state index in [1.807, 2.05) is 6.07 Å². The SMILES string of the molecule is C[C@@H]1CCN(C(=O)c2ccc(S(N)(=O)=O)o2)[C@H](c2ccco2)C1. The minimum Gasteiger partial charge on any atom is -0.467 e. The van der Waals surface area contributed by atoms with E-state index in [4.69, 9.17) is 14.0 Å². The number of hydrogen-bond acceptors (Lipinski definition) is 5. The lowest BCUT2D eigenvalue weighted by Gasteiger charge is -2.36. The van der Waals surface area contributed by atoms with Crippen LogP contribution in [0.25, 0.3) is 0 Å². The van der Waals surface area contributed by atoms with Crippen molar-refractivity contribution in [2.45, 2.75) is 30.9 Å². The molecule has 1 aliphatic heterocycles. The fourth-order valence-electron chi connectivity index (χ4n) is 2.86. The highest BCUT2D eigenvalue weighted by Crippen LogP contribution is 2.35. The zero-order chi connectivity index (χ0) is 16.6. The largest absolute Gasteiger partial charge is 0.467 e. The fraction of sp³-hybridized carbons (Fsp3) is 0.400. The van der Waals surface area contributed by atoms with Crippen LogP contribution in [0.15, 0.2) is 44.5 Å². The first-order chi connectivity index (χ1) is 10.9. The van der Waals surface area contributed by atoms with Gasteiger partial charge in [-0.05, 0) is 43.0 Å². The summed E-state index contributed by atoms with van der Waals surface area (Å²) in [5, 5.41) is 4.59. The molecule has 0 spiro atoms. The van der Waals surface area contributed by atoms with Gasteiger partial charge in [-0.1, -0.05) is 6.92 Å². The van der Waals surface area contributed by atoms with Crippen LogP contribution in [0.2, 0.25) is 0 Å². The van der Waals surface area contributed by atoms with Crippen LogP contribution >= 0.6 is 0 Å². The molecule has 124 valence electrons. The van der Waals surface area contributed by atoms with Crippen LogP contribution in [-0.2, 0) is 10.0 Å². The molecule has 2 aromatic rings. The second-order valence-corrected chi connectivity index (χ2v) is 7.32. The first kappa shape index (κ1) is 15.8. The quantitative estimate of drug-likeness (QED) is 0.922. The van der Waals surface area contributed by atoms with Crippen molar-refractivity contribution in [2.24, 2.45) is 11.1 Å². The molecule has 0 radical (unpaired) electrons. The summed E-state index contributed by atoms with van der Waals surface area (Å²) in [6.45, 7) is 2.68. The third-order valence-electron chi connectivity index (χ3n) is 4.07. The Hall–Kier alpha value is -2.06. The van der Waals surface area contributed by atoms with Crippen LogP contribution in [0.1, 0.15) is 42.1 Å². The minimum atomic E-state index is -3.97. The highest BCUT2D eigenvalue weighted by atomic mass is 32.2. The highest BCUT2D eigenvalue weighted by Gasteiger charge is 2.34. The molecule has 1 amide bonds. The van der Waals surface area contributed by atoms with Crippen molar-refractivity contribution in [3.8, 4) is 0 Å². The monoisotopic (exact) mass is 338 g/mol. The van der Waals surface area contributed by atoms with E-state index in [9.17, 15) is 13.2 Å². The van der Waals surface area contributed by atoms with Crippen LogP contribution in [0, 0.1) is 5.92 Å².